The molecule has 0 aliphatic carbocycles. The fraction of sp³-hybridized carbons (Fsp3) is 0.948. The van der Waals surface area contributed by atoms with Crippen molar-refractivity contribution < 1.29 is 134 Å². The fourth-order valence-electron chi connectivity index (χ4n) is 8.49. The molecule has 3 atom stereocenters. The van der Waals surface area contributed by atoms with E-state index in [-0.39, 0.29) is 128 Å². The molecule has 30 nitrogen and oxygen atoms in total. The van der Waals surface area contributed by atoms with E-state index < -0.39 is 11.2 Å². The average molecular weight is 1560 g/mol. The number of nitriles is 2. The molecule has 0 saturated carbocycles. The molecule has 0 aromatic carbocycles. The van der Waals surface area contributed by atoms with E-state index in [2.05, 4.69) is 33.6 Å². The number of hydrogen-bond acceptors (Lipinski definition) is 30. The van der Waals surface area contributed by atoms with Crippen LogP contribution in [0.2, 0.25) is 0 Å². The van der Waals surface area contributed by atoms with E-state index in [4.69, 9.17) is 151 Å². The van der Waals surface area contributed by atoms with Crippen molar-refractivity contribution >= 4 is 0 Å². The SMILES string of the molecule is C#CCCOCC(COCCC#N)(COCCC#N)OC(C)C.CCCOCC(COCCO)COCCOC(C)C.CCCOCC(COCCO)OC(C)C.CCCOCCOCC(COCCOCCO)(COCCOCCO)OC(C)C.CCCOCCOCC(COCCOCCO)OC(C)C. The van der Waals surface area contributed by atoms with Crippen LogP contribution in [0.15, 0.2) is 0 Å². The fourth-order valence-corrected chi connectivity index (χ4v) is 8.49. The monoisotopic (exact) mass is 1560 g/mol. The molecule has 0 radical (unpaired) electrons. The largest absolute Gasteiger partial charge is 0.394 e. The minimum Gasteiger partial charge on any atom is -0.394 e. The number of hydrogen-bond donors (Lipinski definition) is 5. The number of aliphatic hydroxyl groups is 5. The summed E-state index contributed by atoms with van der Waals surface area (Å²) >= 11 is 0. The quantitative estimate of drug-likeness (QED) is 0.0315. The van der Waals surface area contributed by atoms with Crippen molar-refractivity contribution in [3.8, 4) is 24.5 Å². The molecule has 0 fully saturated rings. The lowest BCUT2D eigenvalue weighted by Crippen LogP contribution is -2.49. The van der Waals surface area contributed by atoms with Gasteiger partial charge in [0.05, 0.1) is 307 Å². The van der Waals surface area contributed by atoms with E-state index in [1.54, 1.807) is 0 Å². The second-order valence-corrected chi connectivity index (χ2v) is 25.4. The minimum atomic E-state index is -0.784. The lowest BCUT2D eigenvalue weighted by molar-refractivity contribution is -0.188. The first-order chi connectivity index (χ1) is 51.8. The zero-order chi connectivity index (χ0) is 80.7. The number of rotatable bonds is 77. The van der Waals surface area contributed by atoms with Gasteiger partial charge in [-0.2, -0.15) is 10.5 Å². The average Bonchev–Trinajstić information content (AvgIpc) is 0.869. The van der Waals surface area contributed by atoms with Gasteiger partial charge in [-0.15, -0.1) is 12.3 Å². The maximum absolute atomic E-state index is 8.75. The van der Waals surface area contributed by atoms with E-state index in [0.717, 1.165) is 45.5 Å². The Morgan fingerprint density at radius 1 is 0.280 bits per heavy atom. The van der Waals surface area contributed by atoms with E-state index in [1.807, 2.05) is 81.4 Å². The van der Waals surface area contributed by atoms with Gasteiger partial charge >= 0.3 is 0 Å². The molecule has 0 heterocycles. The maximum Gasteiger partial charge on any atom is 0.138 e. The van der Waals surface area contributed by atoms with Crippen molar-refractivity contribution in [1.82, 2.24) is 0 Å². The lowest BCUT2D eigenvalue weighted by Gasteiger charge is -2.35. The van der Waals surface area contributed by atoms with Gasteiger partial charge in [-0.05, 0) is 94.9 Å². The maximum atomic E-state index is 8.75. The van der Waals surface area contributed by atoms with Crippen molar-refractivity contribution in [1.29, 1.82) is 10.5 Å². The van der Waals surface area contributed by atoms with E-state index in [0.29, 0.717) is 198 Å². The van der Waals surface area contributed by atoms with Crippen LogP contribution in [0.4, 0.5) is 0 Å². The van der Waals surface area contributed by atoms with Crippen molar-refractivity contribution in [3.05, 3.63) is 0 Å². The zero-order valence-corrected chi connectivity index (χ0v) is 68.9. The summed E-state index contributed by atoms with van der Waals surface area (Å²) in [7, 11) is 0. The summed E-state index contributed by atoms with van der Waals surface area (Å²) in [6, 6.07) is 4.06. The van der Waals surface area contributed by atoms with Crippen LogP contribution in [0, 0.1) is 40.9 Å². The van der Waals surface area contributed by atoms with Gasteiger partial charge in [0.2, 0.25) is 0 Å². The highest BCUT2D eigenvalue weighted by Crippen LogP contribution is 2.19. The smallest absolute Gasteiger partial charge is 0.138 e. The third kappa shape index (κ3) is 92.2. The second-order valence-electron chi connectivity index (χ2n) is 25.4. The highest BCUT2D eigenvalue weighted by molar-refractivity contribution is 4.86. The molecular weight excluding hydrogens is 1400 g/mol. The molecule has 0 rings (SSSR count). The molecule has 3 unspecified atom stereocenters. The Morgan fingerprint density at radius 3 is 0.822 bits per heavy atom. The Bertz CT molecular complexity index is 1690. The van der Waals surface area contributed by atoms with Gasteiger partial charge in [-0.3, -0.25) is 0 Å². The molecule has 0 aromatic rings. The van der Waals surface area contributed by atoms with Crippen LogP contribution in [0.5, 0.6) is 0 Å². The van der Waals surface area contributed by atoms with Crippen molar-refractivity contribution in [3.63, 3.8) is 0 Å². The molecule has 0 saturated heterocycles. The zero-order valence-electron chi connectivity index (χ0n) is 68.9. The van der Waals surface area contributed by atoms with Crippen LogP contribution in [-0.2, 0) is 109 Å². The highest BCUT2D eigenvalue weighted by atomic mass is 16.6. The van der Waals surface area contributed by atoms with Crippen LogP contribution in [0.25, 0.3) is 0 Å². The van der Waals surface area contributed by atoms with Gasteiger partial charge in [0, 0.05) is 38.8 Å². The summed E-state index contributed by atoms with van der Waals surface area (Å²) in [6.07, 6.45) is 10.7. The summed E-state index contributed by atoms with van der Waals surface area (Å²) in [5, 5.41) is 60.5. The van der Waals surface area contributed by atoms with E-state index in [9.17, 15) is 0 Å². The van der Waals surface area contributed by atoms with Crippen LogP contribution < -0.4 is 0 Å². The van der Waals surface area contributed by atoms with Crippen LogP contribution in [0.3, 0.4) is 0 Å². The molecule has 0 spiro atoms. The summed E-state index contributed by atoms with van der Waals surface area (Å²) in [6.45, 7) is 45.0. The van der Waals surface area contributed by atoms with E-state index >= 15 is 0 Å². The van der Waals surface area contributed by atoms with Crippen LogP contribution in [-0.4, -0.2) is 357 Å². The third-order valence-electron chi connectivity index (χ3n) is 12.6. The lowest BCUT2D eigenvalue weighted by atomic mass is 10.1. The molecule has 0 aliphatic heterocycles. The molecule has 0 aromatic heterocycles. The Kier molecular flexibility index (Phi) is 97.5. The molecular formula is C77H154N2O28. The Labute approximate surface area is 646 Å². The predicted molar refractivity (Wildman–Crippen MR) is 408 cm³/mol. The van der Waals surface area contributed by atoms with Gasteiger partial charge in [0.25, 0.3) is 0 Å². The Hall–Kier alpha value is -2.58. The van der Waals surface area contributed by atoms with E-state index in [1.165, 1.54) is 0 Å². The molecule has 107 heavy (non-hydrogen) atoms. The topological polar surface area (TPSA) is 361 Å². The summed E-state index contributed by atoms with van der Waals surface area (Å²) in [5.74, 6) is 2.72. The second kappa shape index (κ2) is 92.3. The third-order valence-corrected chi connectivity index (χ3v) is 12.6. The first-order valence-electron chi connectivity index (χ1n) is 38.7. The number of terminal acetylenes is 1. The molecule has 30 heteroatoms. The normalized spacial score (nSPS) is 12.4. The molecule has 0 amide bonds. The number of aliphatic hydroxyl groups excluding tert-OH is 5. The highest BCUT2D eigenvalue weighted by Gasteiger charge is 2.35. The summed E-state index contributed by atoms with van der Waals surface area (Å²) in [5.41, 5.74) is -1.56. The van der Waals surface area contributed by atoms with Crippen molar-refractivity contribution in [2.24, 2.45) is 5.92 Å². The van der Waals surface area contributed by atoms with Gasteiger partial charge in [-0.25, -0.2) is 0 Å². The van der Waals surface area contributed by atoms with Crippen LogP contribution in [0.1, 0.15) is 142 Å². The number of nitrogens with zero attached hydrogens (tertiary/aromatic N) is 2. The number of ether oxygens (including phenoxy) is 23. The molecule has 0 aliphatic rings. The van der Waals surface area contributed by atoms with Crippen LogP contribution >= 0.6 is 0 Å². The standard InChI is InChI=1S/C20H42O9.C17H26N2O4.C15H32O6.C14H30O5.C11H24O4/c1-4-7-23-10-13-26-16-20(29-19(2)3,17-27-14-11-24-8-5-21)18-28-15-12-25-9-6-22;1-4-5-10-20-13-17(23-16(2)3,14-21-11-6-8-18)15-22-12-7-9-19;1-4-6-17-8-10-19-12-15(21-14(2)3)13-20-11-9-18-7-5-16;1-4-6-16-10-14(11-17-7-5-15)12-18-8-9-19-13(2)3;1-4-6-13-8-11(15-10(2)3)9-14-7-5-12/h19,21-22H,4-18H2,1-3H3;1,16H,5-7,10-15H2,2-3H3;14-16H,4-13H2,1-3H3;13-15H,4-12H2,1-3H3;10-12H,4-9H2,1-3H3. The minimum absolute atomic E-state index is 0.0134. The van der Waals surface area contributed by atoms with Gasteiger partial charge in [0.1, 0.15) is 23.4 Å². The molecule has 0 bridgehead atoms. The predicted octanol–water partition coefficient (Wildman–Crippen LogP) is 6.64. The Balaban J connectivity index is -0.000000411. The van der Waals surface area contributed by atoms with Gasteiger partial charge < -0.3 is 134 Å². The summed E-state index contributed by atoms with van der Waals surface area (Å²) in [4.78, 5) is 0. The first-order valence-corrected chi connectivity index (χ1v) is 38.7. The van der Waals surface area contributed by atoms with Crippen molar-refractivity contribution in [2.75, 3.05) is 277 Å². The van der Waals surface area contributed by atoms with Gasteiger partial charge in [0.15, 0.2) is 0 Å². The van der Waals surface area contributed by atoms with Crippen molar-refractivity contribution in [2.45, 2.75) is 196 Å². The van der Waals surface area contributed by atoms with Gasteiger partial charge in [-0.1, -0.05) is 27.7 Å². The summed E-state index contributed by atoms with van der Waals surface area (Å²) < 4.78 is 127. The molecule has 5 N–H and O–H groups in total. The first kappa shape index (κ1) is 113. The molecule has 640 valence electrons. The Morgan fingerprint density at radius 2 is 0.523 bits per heavy atom.